The molecule has 1 heterocycles. The van der Waals surface area contributed by atoms with Gasteiger partial charge in [0.1, 0.15) is 11.4 Å². The molecule has 0 saturated carbocycles. The van der Waals surface area contributed by atoms with Gasteiger partial charge >= 0.3 is 0 Å². The highest BCUT2D eigenvalue weighted by Crippen LogP contribution is 2.37. The lowest BCUT2D eigenvalue weighted by atomic mass is 9.90. The Kier molecular flexibility index (Phi) is 5.50. The molecule has 1 aromatic heterocycles. The standard InChI is InChI=1S/C23H20Cl2N2O2/c1-14(18-9-8-17(24)12-19(18)25)23(28)15-7-10-20-16(11-15)13-26-27(20)21-5-3-4-6-22(21)29-2/h3-14,23,28H,1-2H3. The van der Waals surface area contributed by atoms with Gasteiger partial charge in [0.25, 0.3) is 0 Å². The van der Waals surface area contributed by atoms with E-state index in [1.54, 1.807) is 25.4 Å². The van der Waals surface area contributed by atoms with Crippen molar-refractivity contribution >= 4 is 34.1 Å². The summed E-state index contributed by atoms with van der Waals surface area (Å²) in [5.74, 6) is 0.550. The quantitative estimate of drug-likeness (QED) is 0.414. The first-order chi connectivity index (χ1) is 14.0. The summed E-state index contributed by atoms with van der Waals surface area (Å²) in [4.78, 5) is 0. The van der Waals surface area contributed by atoms with Crippen LogP contribution in [0.25, 0.3) is 16.6 Å². The summed E-state index contributed by atoms with van der Waals surface area (Å²) in [6.45, 7) is 1.95. The van der Waals surface area contributed by atoms with Crippen molar-refractivity contribution in [3.05, 3.63) is 88.0 Å². The molecule has 3 aromatic carbocycles. The molecule has 2 atom stereocenters. The van der Waals surface area contributed by atoms with Gasteiger partial charge in [-0.25, -0.2) is 4.68 Å². The molecule has 1 N–H and O–H groups in total. The lowest BCUT2D eigenvalue weighted by Gasteiger charge is -2.21. The monoisotopic (exact) mass is 426 g/mol. The van der Waals surface area contributed by atoms with Crippen molar-refractivity contribution in [1.82, 2.24) is 9.78 Å². The van der Waals surface area contributed by atoms with Crippen molar-refractivity contribution in [2.24, 2.45) is 0 Å². The van der Waals surface area contributed by atoms with E-state index in [1.807, 2.05) is 60.1 Å². The fourth-order valence-electron chi connectivity index (χ4n) is 3.56. The van der Waals surface area contributed by atoms with Crippen LogP contribution in [0.5, 0.6) is 5.75 Å². The van der Waals surface area contributed by atoms with Crippen LogP contribution in [0, 0.1) is 0 Å². The molecule has 0 bridgehead atoms. The molecule has 0 aliphatic rings. The van der Waals surface area contributed by atoms with Crippen LogP contribution in [0.4, 0.5) is 0 Å². The van der Waals surface area contributed by atoms with Crippen LogP contribution in [0.1, 0.15) is 30.1 Å². The Balaban J connectivity index is 1.69. The number of fused-ring (bicyclic) bond motifs is 1. The molecule has 0 aliphatic heterocycles. The van der Waals surface area contributed by atoms with Crippen LogP contribution in [0.15, 0.2) is 66.9 Å². The molecule has 0 radical (unpaired) electrons. The molecule has 0 amide bonds. The lowest BCUT2D eigenvalue weighted by molar-refractivity contribution is 0.152. The highest BCUT2D eigenvalue weighted by atomic mass is 35.5. The number of para-hydroxylation sites is 2. The maximum atomic E-state index is 11.0. The minimum atomic E-state index is -0.715. The number of methoxy groups -OCH3 is 1. The third-order valence-corrected chi connectivity index (χ3v) is 5.74. The van der Waals surface area contributed by atoms with Gasteiger partial charge in [-0.05, 0) is 47.5 Å². The highest BCUT2D eigenvalue weighted by molar-refractivity contribution is 6.35. The third kappa shape index (κ3) is 3.71. The first kappa shape index (κ1) is 19.8. The van der Waals surface area contributed by atoms with Gasteiger partial charge in [0, 0.05) is 21.3 Å². The van der Waals surface area contributed by atoms with Crippen LogP contribution in [0.3, 0.4) is 0 Å². The van der Waals surface area contributed by atoms with Crippen molar-refractivity contribution in [3.8, 4) is 11.4 Å². The summed E-state index contributed by atoms with van der Waals surface area (Å²) in [6, 6.07) is 18.9. The Morgan fingerprint density at radius 1 is 1.03 bits per heavy atom. The molecule has 6 heteroatoms. The van der Waals surface area contributed by atoms with Gasteiger partial charge in [-0.1, -0.05) is 54.4 Å². The molecule has 4 aromatic rings. The average Bonchev–Trinajstić information content (AvgIpc) is 3.15. The summed E-state index contributed by atoms with van der Waals surface area (Å²) in [5, 5.41) is 17.5. The minimum absolute atomic E-state index is 0.193. The Bertz CT molecular complexity index is 1170. The second-order valence-electron chi connectivity index (χ2n) is 6.95. The van der Waals surface area contributed by atoms with Crippen LogP contribution in [0.2, 0.25) is 10.0 Å². The van der Waals surface area contributed by atoms with E-state index in [2.05, 4.69) is 5.10 Å². The molecular weight excluding hydrogens is 407 g/mol. The van der Waals surface area contributed by atoms with Crippen LogP contribution < -0.4 is 4.74 Å². The number of hydrogen-bond acceptors (Lipinski definition) is 3. The number of ether oxygens (including phenoxy) is 1. The molecule has 148 valence electrons. The number of nitrogens with zero attached hydrogens (tertiary/aromatic N) is 2. The van der Waals surface area contributed by atoms with Crippen molar-refractivity contribution in [3.63, 3.8) is 0 Å². The largest absolute Gasteiger partial charge is 0.494 e. The second-order valence-corrected chi connectivity index (χ2v) is 7.79. The number of aliphatic hydroxyl groups is 1. The van der Waals surface area contributed by atoms with E-state index in [-0.39, 0.29) is 5.92 Å². The van der Waals surface area contributed by atoms with Gasteiger partial charge in [0.05, 0.1) is 24.9 Å². The van der Waals surface area contributed by atoms with E-state index in [9.17, 15) is 5.11 Å². The highest BCUT2D eigenvalue weighted by Gasteiger charge is 2.21. The average molecular weight is 427 g/mol. The van der Waals surface area contributed by atoms with E-state index in [0.29, 0.717) is 10.0 Å². The maximum absolute atomic E-state index is 11.0. The number of halogens is 2. The lowest BCUT2D eigenvalue weighted by Crippen LogP contribution is -2.08. The number of rotatable bonds is 5. The van der Waals surface area contributed by atoms with Gasteiger partial charge in [-0.15, -0.1) is 0 Å². The summed E-state index contributed by atoms with van der Waals surface area (Å²) in [5.41, 5.74) is 3.45. The van der Waals surface area contributed by atoms with Gasteiger partial charge < -0.3 is 9.84 Å². The van der Waals surface area contributed by atoms with E-state index in [4.69, 9.17) is 27.9 Å². The number of benzene rings is 3. The molecule has 0 saturated heterocycles. The Hall–Kier alpha value is -2.53. The first-order valence-electron chi connectivity index (χ1n) is 9.23. The molecule has 2 unspecified atom stereocenters. The SMILES string of the molecule is COc1ccccc1-n1ncc2cc(C(O)C(C)c3ccc(Cl)cc3Cl)ccc21. The molecule has 0 spiro atoms. The summed E-state index contributed by atoms with van der Waals surface area (Å²) < 4.78 is 7.29. The maximum Gasteiger partial charge on any atom is 0.144 e. The minimum Gasteiger partial charge on any atom is -0.494 e. The van der Waals surface area contributed by atoms with E-state index < -0.39 is 6.10 Å². The zero-order valence-corrected chi connectivity index (χ0v) is 17.5. The number of aromatic nitrogens is 2. The second kappa shape index (κ2) is 8.07. The van der Waals surface area contributed by atoms with Crippen molar-refractivity contribution < 1.29 is 9.84 Å². The molecule has 4 rings (SSSR count). The van der Waals surface area contributed by atoms with Crippen molar-refractivity contribution in [1.29, 1.82) is 0 Å². The fraction of sp³-hybridized carbons (Fsp3) is 0.174. The van der Waals surface area contributed by atoms with E-state index in [1.165, 1.54) is 0 Å². The smallest absolute Gasteiger partial charge is 0.144 e. The molecule has 0 fully saturated rings. The van der Waals surface area contributed by atoms with Crippen LogP contribution in [-0.2, 0) is 0 Å². The summed E-state index contributed by atoms with van der Waals surface area (Å²) in [6.07, 6.45) is 1.07. The zero-order valence-electron chi connectivity index (χ0n) is 16.0. The van der Waals surface area contributed by atoms with Crippen LogP contribution in [-0.4, -0.2) is 22.0 Å². The van der Waals surface area contributed by atoms with E-state index >= 15 is 0 Å². The Morgan fingerprint density at radius 2 is 1.83 bits per heavy atom. The van der Waals surface area contributed by atoms with Gasteiger partial charge in [0.15, 0.2) is 0 Å². The molecule has 4 nitrogen and oxygen atoms in total. The molecule has 0 aliphatic carbocycles. The predicted octanol–water partition coefficient (Wildman–Crippen LogP) is 6.18. The Morgan fingerprint density at radius 3 is 2.59 bits per heavy atom. The van der Waals surface area contributed by atoms with Crippen LogP contribution >= 0.6 is 23.2 Å². The van der Waals surface area contributed by atoms with Gasteiger partial charge in [0.2, 0.25) is 0 Å². The molecular formula is C23H20Cl2N2O2. The Labute approximate surface area is 179 Å². The summed E-state index contributed by atoms with van der Waals surface area (Å²) in [7, 11) is 1.64. The number of hydrogen-bond donors (Lipinski definition) is 1. The fourth-order valence-corrected chi connectivity index (χ4v) is 4.14. The number of aliphatic hydroxyl groups excluding tert-OH is 1. The van der Waals surface area contributed by atoms with Crippen molar-refractivity contribution in [2.75, 3.05) is 7.11 Å². The van der Waals surface area contributed by atoms with Gasteiger partial charge in [-0.2, -0.15) is 5.10 Å². The third-order valence-electron chi connectivity index (χ3n) is 5.17. The van der Waals surface area contributed by atoms with E-state index in [0.717, 1.165) is 33.5 Å². The first-order valence-corrected chi connectivity index (χ1v) is 9.99. The topological polar surface area (TPSA) is 47.3 Å². The zero-order chi connectivity index (χ0) is 20.5. The summed E-state index contributed by atoms with van der Waals surface area (Å²) >= 11 is 12.3. The van der Waals surface area contributed by atoms with Crippen molar-refractivity contribution in [2.45, 2.75) is 18.9 Å². The normalized spacial score (nSPS) is 13.4. The molecule has 29 heavy (non-hydrogen) atoms. The predicted molar refractivity (Wildman–Crippen MR) is 117 cm³/mol. The van der Waals surface area contributed by atoms with Gasteiger partial charge in [-0.3, -0.25) is 0 Å².